The highest BCUT2D eigenvalue weighted by molar-refractivity contribution is 6.71. The lowest BCUT2D eigenvalue weighted by Crippen LogP contribution is -2.25. The van der Waals surface area contributed by atoms with Gasteiger partial charge < -0.3 is 0 Å². The van der Waals surface area contributed by atoms with E-state index < -0.39 is 0 Å². The normalized spacial score (nSPS) is 11.2. The van der Waals surface area contributed by atoms with Gasteiger partial charge in [-0.1, -0.05) is 40.8 Å². The molecular formula is C11H18Si-. The Balaban J connectivity index is 3.38. The van der Waals surface area contributed by atoms with Gasteiger partial charge in [-0.15, -0.1) is 0 Å². The van der Waals surface area contributed by atoms with Crippen LogP contribution in [0.15, 0.2) is 0 Å². The van der Waals surface area contributed by atoms with Crippen molar-refractivity contribution >= 4 is 14.0 Å². The van der Waals surface area contributed by atoms with Crippen molar-refractivity contribution in [3.63, 3.8) is 0 Å². The predicted octanol–water partition coefficient (Wildman–Crippen LogP) is 2.60. The van der Waals surface area contributed by atoms with Crippen LogP contribution in [0.4, 0.5) is 0 Å². The molecule has 1 heteroatoms. The van der Waals surface area contributed by atoms with Crippen LogP contribution in [0.5, 0.6) is 0 Å². The molecule has 0 aliphatic rings. The van der Waals surface area contributed by atoms with Crippen LogP contribution in [0.25, 0.3) is 0 Å². The maximum atomic E-state index is 2.37. The zero-order valence-corrected chi connectivity index (χ0v) is 10.0. The van der Waals surface area contributed by atoms with Crippen molar-refractivity contribution in [3.05, 3.63) is 22.3 Å². The van der Waals surface area contributed by atoms with Crippen molar-refractivity contribution in [2.45, 2.75) is 40.8 Å². The first-order valence-electron chi connectivity index (χ1n) is 4.50. The maximum absolute atomic E-state index is 2.37. The molecule has 0 atom stereocenters. The third-order valence-electron chi connectivity index (χ3n) is 2.94. The molecule has 0 amide bonds. The van der Waals surface area contributed by atoms with E-state index in [0.29, 0.717) is 0 Å². The SMILES string of the molecule is Cc1c([Si](C)C)c(C)[c-](C)c1C. The van der Waals surface area contributed by atoms with Crippen LogP contribution in [0.2, 0.25) is 13.1 Å². The second kappa shape index (κ2) is 3.13. The second-order valence-corrected chi connectivity index (χ2v) is 6.38. The van der Waals surface area contributed by atoms with E-state index in [1.54, 1.807) is 16.3 Å². The van der Waals surface area contributed by atoms with Crippen molar-refractivity contribution in [1.82, 2.24) is 0 Å². The molecule has 0 unspecified atom stereocenters. The molecule has 0 aliphatic heterocycles. The van der Waals surface area contributed by atoms with E-state index >= 15 is 0 Å². The van der Waals surface area contributed by atoms with E-state index in [9.17, 15) is 0 Å². The van der Waals surface area contributed by atoms with Crippen LogP contribution in [0.1, 0.15) is 22.3 Å². The highest BCUT2D eigenvalue weighted by atomic mass is 28.3. The fourth-order valence-corrected chi connectivity index (χ4v) is 3.84. The summed E-state index contributed by atoms with van der Waals surface area (Å²) in [5.41, 5.74) is 6.11. The molecule has 0 saturated carbocycles. The molecule has 12 heavy (non-hydrogen) atoms. The van der Waals surface area contributed by atoms with Crippen LogP contribution < -0.4 is 5.19 Å². The smallest absolute Gasteiger partial charge is 0.00562 e. The van der Waals surface area contributed by atoms with Gasteiger partial charge in [-0.2, -0.15) is 27.4 Å². The summed E-state index contributed by atoms with van der Waals surface area (Å²) < 4.78 is 0. The topological polar surface area (TPSA) is 0 Å². The highest BCUT2D eigenvalue weighted by Crippen LogP contribution is 2.18. The summed E-state index contributed by atoms with van der Waals surface area (Å²) in [6.07, 6.45) is 0. The molecule has 0 bridgehead atoms. The Bertz CT molecular complexity index is 267. The average molecular weight is 178 g/mol. The molecule has 0 N–H and O–H groups in total. The van der Waals surface area contributed by atoms with Gasteiger partial charge in [-0.3, -0.25) is 0 Å². The third kappa shape index (κ3) is 1.26. The third-order valence-corrected chi connectivity index (χ3v) is 4.69. The maximum Gasteiger partial charge on any atom is -0.00562 e. The zero-order valence-electron chi connectivity index (χ0n) is 9.00. The van der Waals surface area contributed by atoms with Crippen LogP contribution in [-0.4, -0.2) is 8.80 Å². The molecular weight excluding hydrogens is 160 g/mol. The molecule has 0 aliphatic carbocycles. The molecule has 0 saturated heterocycles. The molecule has 0 nitrogen and oxygen atoms in total. The summed E-state index contributed by atoms with van der Waals surface area (Å²) in [4.78, 5) is 0. The quantitative estimate of drug-likeness (QED) is 0.458. The molecule has 67 valence electrons. The lowest BCUT2D eigenvalue weighted by molar-refractivity contribution is 1.32. The standard InChI is InChI=1S/C11H18Si/c1-7-8(2)10(4)11(9(7)3)12(5)6/h1-6H3/q-1. The molecule has 0 fully saturated rings. The minimum atomic E-state index is -0.274. The molecule has 1 radical (unpaired) electrons. The first-order chi connectivity index (χ1) is 5.46. The molecule has 0 aromatic heterocycles. The Hall–Kier alpha value is -0.433. The zero-order chi connectivity index (χ0) is 9.46. The number of rotatable bonds is 1. The van der Waals surface area contributed by atoms with E-state index in [0.717, 1.165) is 0 Å². The van der Waals surface area contributed by atoms with Gasteiger partial charge >= 0.3 is 0 Å². The minimum absolute atomic E-state index is 0.274. The van der Waals surface area contributed by atoms with Crippen molar-refractivity contribution < 1.29 is 0 Å². The van der Waals surface area contributed by atoms with Crippen LogP contribution >= 0.6 is 0 Å². The first-order valence-corrected chi connectivity index (χ1v) is 7.00. The molecule has 0 heterocycles. The fraction of sp³-hybridized carbons (Fsp3) is 0.545. The summed E-state index contributed by atoms with van der Waals surface area (Å²) in [5, 5.41) is 1.66. The van der Waals surface area contributed by atoms with Gasteiger partial charge in [-0.25, -0.2) is 0 Å². The summed E-state index contributed by atoms with van der Waals surface area (Å²) in [6, 6.07) is 0. The van der Waals surface area contributed by atoms with Crippen LogP contribution in [0.3, 0.4) is 0 Å². The van der Waals surface area contributed by atoms with Crippen molar-refractivity contribution in [2.75, 3.05) is 0 Å². The van der Waals surface area contributed by atoms with E-state index in [1.165, 1.54) is 11.1 Å². The van der Waals surface area contributed by atoms with E-state index in [4.69, 9.17) is 0 Å². The van der Waals surface area contributed by atoms with Gasteiger partial charge in [0, 0.05) is 0 Å². The Morgan fingerprint density at radius 1 is 1.00 bits per heavy atom. The Kier molecular flexibility index (Phi) is 2.52. The van der Waals surface area contributed by atoms with Crippen molar-refractivity contribution in [1.29, 1.82) is 0 Å². The van der Waals surface area contributed by atoms with Crippen molar-refractivity contribution in [3.8, 4) is 0 Å². The Labute approximate surface area is 77.6 Å². The summed E-state index contributed by atoms with van der Waals surface area (Å²) in [5.74, 6) is 0. The van der Waals surface area contributed by atoms with Crippen LogP contribution in [0, 0.1) is 27.7 Å². The predicted molar refractivity (Wildman–Crippen MR) is 58.1 cm³/mol. The minimum Gasteiger partial charge on any atom is -0.198 e. The summed E-state index contributed by atoms with van der Waals surface area (Å²) in [7, 11) is -0.274. The number of hydrogen-bond acceptors (Lipinski definition) is 0. The molecule has 0 spiro atoms. The fourth-order valence-electron chi connectivity index (χ4n) is 1.97. The lowest BCUT2D eigenvalue weighted by atomic mass is 10.2. The van der Waals surface area contributed by atoms with E-state index in [-0.39, 0.29) is 8.80 Å². The average Bonchev–Trinajstić information content (AvgIpc) is 2.16. The molecule has 1 aromatic carbocycles. The van der Waals surface area contributed by atoms with Crippen molar-refractivity contribution in [2.24, 2.45) is 0 Å². The Morgan fingerprint density at radius 3 is 1.67 bits per heavy atom. The first kappa shape index (κ1) is 9.65. The van der Waals surface area contributed by atoms with E-state index in [1.807, 2.05) is 0 Å². The molecule has 1 rings (SSSR count). The van der Waals surface area contributed by atoms with Gasteiger partial charge in [-0.05, 0) is 8.80 Å². The van der Waals surface area contributed by atoms with Gasteiger partial charge in [0.05, 0.1) is 0 Å². The number of hydrogen-bond donors (Lipinski definition) is 0. The van der Waals surface area contributed by atoms with Gasteiger partial charge in [0.25, 0.3) is 0 Å². The van der Waals surface area contributed by atoms with Gasteiger partial charge in [0.2, 0.25) is 0 Å². The summed E-state index contributed by atoms with van der Waals surface area (Å²) in [6.45, 7) is 13.8. The second-order valence-electron chi connectivity index (χ2n) is 3.88. The largest absolute Gasteiger partial charge is 0.198 e. The van der Waals surface area contributed by atoms with E-state index in [2.05, 4.69) is 40.8 Å². The molecule has 1 aromatic rings. The highest BCUT2D eigenvalue weighted by Gasteiger charge is 2.04. The summed E-state index contributed by atoms with van der Waals surface area (Å²) >= 11 is 0. The lowest BCUT2D eigenvalue weighted by Gasteiger charge is -2.15. The van der Waals surface area contributed by atoms with Crippen LogP contribution in [-0.2, 0) is 0 Å². The van der Waals surface area contributed by atoms with Gasteiger partial charge in [0.1, 0.15) is 0 Å². The Morgan fingerprint density at radius 2 is 1.50 bits per heavy atom. The monoisotopic (exact) mass is 178 g/mol. The van der Waals surface area contributed by atoms with Gasteiger partial charge in [0.15, 0.2) is 0 Å².